The van der Waals surface area contributed by atoms with Crippen molar-refractivity contribution in [1.29, 1.82) is 0 Å². The van der Waals surface area contributed by atoms with E-state index in [-0.39, 0.29) is 5.56 Å². The first-order valence-electron chi connectivity index (χ1n) is 5.12. The predicted octanol–water partition coefficient (Wildman–Crippen LogP) is 1.71. The lowest BCUT2D eigenvalue weighted by molar-refractivity contribution is 0.0981. The van der Waals surface area contributed by atoms with Crippen molar-refractivity contribution in [3.05, 3.63) is 46.0 Å². The molecular formula is C11H9FN2O3S2. The van der Waals surface area contributed by atoms with Crippen LogP contribution < -0.4 is 4.72 Å². The van der Waals surface area contributed by atoms with E-state index < -0.39 is 26.8 Å². The van der Waals surface area contributed by atoms with Gasteiger partial charge in [0.15, 0.2) is 5.82 Å². The molecule has 0 radical (unpaired) electrons. The highest BCUT2D eigenvalue weighted by molar-refractivity contribution is 7.90. The molecule has 100 valence electrons. The molecule has 0 aliphatic carbocycles. The fourth-order valence-electron chi connectivity index (χ4n) is 1.39. The minimum absolute atomic E-state index is 0.241. The van der Waals surface area contributed by atoms with Crippen LogP contribution in [0, 0.1) is 12.7 Å². The molecule has 0 atom stereocenters. The van der Waals surface area contributed by atoms with Crippen molar-refractivity contribution >= 4 is 27.3 Å². The van der Waals surface area contributed by atoms with E-state index in [2.05, 4.69) is 4.98 Å². The molecule has 0 spiro atoms. The van der Waals surface area contributed by atoms with E-state index in [9.17, 15) is 17.6 Å². The largest absolute Gasteiger partial charge is 0.284 e. The number of aryl methyl sites for hydroxylation is 1. The van der Waals surface area contributed by atoms with Crippen LogP contribution in [0.2, 0.25) is 0 Å². The Morgan fingerprint density at radius 1 is 1.42 bits per heavy atom. The number of nitrogens with one attached hydrogen (secondary N) is 1. The van der Waals surface area contributed by atoms with Gasteiger partial charge >= 0.3 is 0 Å². The lowest BCUT2D eigenvalue weighted by Crippen LogP contribution is -2.31. The van der Waals surface area contributed by atoms with E-state index in [4.69, 9.17) is 0 Å². The van der Waals surface area contributed by atoms with Gasteiger partial charge < -0.3 is 0 Å². The third-order valence-corrected chi connectivity index (χ3v) is 4.43. The summed E-state index contributed by atoms with van der Waals surface area (Å²) in [6.07, 6.45) is 1.14. The van der Waals surface area contributed by atoms with Gasteiger partial charge in [0.2, 0.25) is 5.03 Å². The lowest BCUT2D eigenvalue weighted by atomic mass is 10.2. The van der Waals surface area contributed by atoms with Gasteiger partial charge in [0.25, 0.3) is 15.9 Å². The van der Waals surface area contributed by atoms with Crippen molar-refractivity contribution in [3.8, 4) is 0 Å². The second-order valence-corrected chi connectivity index (χ2v) is 6.03. The highest BCUT2D eigenvalue weighted by Crippen LogP contribution is 2.15. The van der Waals surface area contributed by atoms with Crippen molar-refractivity contribution in [3.63, 3.8) is 0 Å². The molecule has 0 fully saturated rings. The monoisotopic (exact) mass is 300 g/mol. The van der Waals surface area contributed by atoms with Crippen LogP contribution >= 0.6 is 11.3 Å². The molecule has 19 heavy (non-hydrogen) atoms. The summed E-state index contributed by atoms with van der Waals surface area (Å²) in [5, 5.41) is 2.44. The molecule has 1 amide bonds. The average molecular weight is 300 g/mol. The molecule has 0 saturated heterocycles. The highest BCUT2D eigenvalue weighted by atomic mass is 32.2. The molecule has 0 aliphatic heterocycles. The van der Waals surface area contributed by atoms with Gasteiger partial charge in [-0.2, -0.15) is 19.8 Å². The van der Waals surface area contributed by atoms with E-state index in [0.717, 1.165) is 12.3 Å². The zero-order chi connectivity index (χ0) is 14.0. The Balaban J connectivity index is 2.31. The first-order valence-corrected chi connectivity index (χ1v) is 7.55. The van der Waals surface area contributed by atoms with Crippen LogP contribution in [0.5, 0.6) is 0 Å². The third-order valence-electron chi connectivity index (χ3n) is 2.31. The Morgan fingerprint density at radius 3 is 2.74 bits per heavy atom. The first kappa shape index (κ1) is 13.6. The first-order chi connectivity index (χ1) is 8.92. The van der Waals surface area contributed by atoms with Gasteiger partial charge in [-0.1, -0.05) is 0 Å². The normalized spacial score (nSPS) is 11.3. The fourth-order valence-corrected chi connectivity index (χ4v) is 3.19. The minimum atomic E-state index is -4.31. The molecule has 2 heterocycles. The zero-order valence-corrected chi connectivity index (χ0v) is 11.4. The number of amides is 1. The number of hydrogen-bond acceptors (Lipinski definition) is 5. The lowest BCUT2D eigenvalue weighted by Gasteiger charge is -2.06. The van der Waals surface area contributed by atoms with E-state index in [1.54, 1.807) is 17.0 Å². The van der Waals surface area contributed by atoms with Gasteiger partial charge in [-0.25, -0.2) is 14.1 Å². The van der Waals surface area contributed by atoms with Gasteiger partial charge in [0.1, 0.15) is 0 Å². The predicted molar refractivity (Wildman–Crippen MR) is 67.9 cm³/mol. The number of hydrogen-bond donors (Lipinski definition) is 1. The number of halogens is 1. The second-order valence-electron chi connectivity index (χ2n) is 3.69. The molecule has 0 aliphatic rings. The number of nitrogens with zero attached hydrogens (tertiary/aromatic N) is 1. The maximum absolute atomic E-state index is 13.4. The molecule has 0 bridgehead atoms. The van der Waals surface area contributed by atoms with Gasteiger partial charge in [-0.15, -0.1) is 0 Å². The van der Waals surface area contributed by atoms with E-state index >= 15 is 0 Å². The van der Waals surface area contributed by atoms with Crippen molar-refractivity contribution in [2.75, 3.05) is 0 Å². The SMILES string of the molecule is Cc1cscc1C(=O)NS(=O)(=O)c1ncccc1F. The van der Waals surface area contributed by atoms with Crippen LogP contribution in [0.4, 0.5) is 4.39 Å². The quantitative estimate of drug-likeness (QED) is 0.936. The Labute approximate surface area is 113 Å². The molecule has 0 aromatic carbocycles. The molecule has 1 N–H and O–H groups in total. The number of thiophene rings is 1. The number of carbonyl (C=O) groups is 1. The number of pyridine rings is 1. The van der Waals surface area contributed by atoms with Crippen LogP contribution in [-0.4, -0.2) is 19.3 Å². The maximum atomic E-state index is 13.4. The Bertz CT molecular complexity index is 725. The van der Waals surface area contributed by atoms with Crippen molar-refractivity contribution in [1.82, 2.24) is 9.71 Å². The maximum Gasteiger partial charge on any atom is 0.284 e. The van der Waals surface area contributed by atoms with Gasteiger partial charge in [-0.05, 0) is 30.0 Å². The second kappa shape index (κ2) is 5.06. The van der Waals surface area contributed by atoms with Crippen LogP contribution in [-0.2, 0) is 10.0 Å². The summed E-state index contributed by atoms with van der Waals surface area (Å²) < 4.78 is 38.8. The topological polar surface area (TPSA) is 76.1 Å². The van der Waals surface area contributed by atoms with Crippen molar-refractivity contribution in [2.24, 2.45) is 0 Å². The van der Waals surface area contributed by atoms with Crippen molar-refractivity contribution in [2.45, 2.75) is 11.9 Å². The molecule has 5 nitrogen and oxygen atoms in total. The summed E-state index contributed by atoms with van der Waals surface area (Å²) in [6, 6.07) is 2.22. The molecule has 0 unspecified atom stereocenters. The van der Waals surface area contributed by atoms with Crippen LogP contribution in [0.25, 0.3) is 0 Å². The summed E-state index contributed by atoms with van der Waals surface area (Å²) in [6.45, 7) is 1.68. The Kier molecular flexibility index (Phi) is 3.63. The van der Waals surface area contributed by atoms with E-state index in [1.807, 2.05) is 0 Å². The Hall–Kier alpha value is -1.80. The van der Waals surface area contributed by atoms with Gasteiger partial charge in [0, 0.05) is 11.6 Å². The number of aromatic nitrogens is 1. The number of rotatable bonds is 3. The van der Waals surface area contributed by atoms with Crippen LogP contribution in [0.1, 0.15) is 15.9 Å². The van der Waals surface area contributed by atoms with Gasteiger partial charge in [0.05, 0.1) is 5.56 Å². The fraction of sp³-hybridized carbons (Fsp3) is 0.0909. The molecule has 2 aromatic rings. The van der Waals surface area contributed by atoms with E-state index in [1.165, 1.54) is 22.8 Å². The third kappa shape index (κ3) is 2.79. The standard InChI is InChI=1S/C11H9FN2O3S2/c1-7-5-18-6-8(7)10(15)14-19(16,17)11-9(12)3-2-4-13-11/h2-6H,1H3,(H,14,15). The van der Waals surface area contributed by atoms with Crippen LogP contribution in [0.15, 0.2) is 34.1 Å². The Morgan fingerprint density at radius 2 is 2.16 bits per heavy atom. The molecule has 2 aromatic heterocycles. The number of carbonyl (C=O) groups excluding carboxylic acids is 1. The smallest absolute Gasteiger partial charge is 0.268 e. The molecule has 8 heteroatoms. The zero-order valence-electron chi connectivity index (χ0n) is 9.75. The van der Waals surface area contributed by atoms with Crippen LogP contribution in [0.3, 0.4) is 0 Å². The minimum Gasteiger partial charge on any atom is -0.268 e. The summed E-state index contributed by atoms with van der Waals surface area (Å²) in [5.41, 5.74) is 0.893. The average Bonchev–Trinajstić information content (AvgIpc) is 2.75. The van der Waals surface area contributed by atoms with E-state index in [0.29, 0.717) is 5.56 Å². The molecule has 2 rings (SSSR count). The van der Waals surface area contributed by atoms with Gasteiger partial charge in [-0.3, -0.25) is 4.79 Å². The summed E-state index contributed by atoms with van der Waals surface area (Å²) in [4.78, 5) is 15.2. The summed E-state index contributed by atoms with van der Waals surface area (Å²) in [7, 11) is -4.31. The molecule has 0 saturated carbocycles. The molecular weight excluding hydrogens is 291 g/mol. The number of sulfonamides is 1. The summed E-state index contributed by atoms with van der Waals surface area (Å²) in [5.74, 6) is -1.81. The van der Waals surface area contributed by atoms with Crippen molar-refractivity contribution < 1.29 is 17.6 Å². The summed E-state index contributed by atoms with van der Waals surface area (Å²) >= 11 is 1.27. The highest BCUT2D eigenvalue weighted by Gasteiger charge is 2.24.